The first kappa shape index (κ1) is 27.0. The fourth-order valence-corrected chi connectivity index (χ4v) is 6.97. The second-order valence-electron chi connectivity index (χ2n) is 11.0. The third-order valence-electron chi connectivity index (χ3n) is 8.02. The quantitative estimate of drug-likeness (QED) is 0.399. The highest BCUT2D eigenvalue weighted by Crippen LogP contribution is 2.42. The van der Waals surface area contributed by atoms with E-state index in [1.807, 2.05) is 23.1 Å². The molecule has 3 aliphatic carbocycles. The van der Waals surface area contributed by atoms with Gasteiger partial charge >= 0.3 is 0 Å². The fraction of sp³-hybridized carbons (Fsp3) is 0.500. The molecule has 0 spiro atoms. The SMILES string of the molecule is CC1=CCCC(CN2C(=O)/C(=C/C3=CCC(C(=O)NCCN4CCCCCC4)C=C3)SC3=C2CCC=C3)=C1. The lowest BCUT2D eigenvalue weighted by Crippen LogP contribution is -2.38. The molecule has 5 aliphatic rings. The van der Waals surface area contributed by atoms with E-state index in [1.165, 1.54) is 41.7 Å². The van der Waals surface area contributed by atoms with Crippen LogP contribution in [0.5, 0.6) is 0 Å². The molecule has 2 amide bonds. The topological polar surface area (TPSA) is 52.7 Å². The van der Waals surface area contributed by atoms with Crippen molar-refractivity contribution in [3.63, 3.8) is 0 Å². The minimum atomic E-state index is -0.141. The molecule has 202 valence electrons. The van der Waals surface area contributed by atoms with Gasteiger partial charge in [-0.2, -0.15) is 0 Å². The lowest BCUT2D eigenvalue weighted by Gasteiger charge is -2.34. The van der Waals surface area contributed by atoms with E-state index in [2.05, 4.69) is 47.5 Å². The Hall–Kier alpha value is -2.57. The first-order chi connectivity index (χ1) is 18.6. The highest BCUT2D eigenvalue weighted by atomic mass is 32.2. The normalized spacial score (nSPS) is 25.6. The molecule has 0 radical (unpaired) electrons. The van der Waals surface area contributed by atoms with E-state index in [4.69, 9.17) is 0 Å². The zero-order chi connectivity index (χ0) is 26.3. The Balaban J connectivity index is 1.20. The van der Waals surface area contributed by atoms with Gasteiger partial charge in [-0.1, -0.05) is 72.7 Å². The summed E-state index contributed by atoms with van der Waals surface area (Å²) in [5.41, 5.74) is 4.79. The number of thioether (sulfide) groups is 1. The number of nitrogens with one attached hydrogen (secondary N) is 1. The maximum Gasteiger partial charge on any atom is 0.265 e. The fourth-order valence-electron chi connectivity index (χ4n) is 5.85. The van der Waals surface area contributed by atoms with Crippen LogP contribution >= 0.6 is 11.8 Å². The van der Waals surface area contributed by atoms with E-state index in [-0.39, 0.29) is 17.7 Å². The van der Waals surface area contributed by atoms with Gasteiger partial charge in [0.2, 0.25) is 5.91 Å². The lowest BCUT2D eigenvalue weighted by molar-refractivity contribution is -0.125. The largest absolute Gasteiger partial charge is 0.354 e. The minimum Gasteiger partial charge on any atom is -0.354 e. The van der Waals surface area contributed by atoms with Crippen molar-refractivity contribution in [3.05, 3.63) is 80.8 Å². The van der Waals surface area contributed by atoms with E-state index in [9.17, 15) is 9.59 Å². The van der Waals surface area contributed by atoms with Gasteiger partial charge in [-0.25, -0.2) is 0 Å². The van der Waals surface area contributed by atoms with E-state index in [0.717, 1.165) is 61.5 Å². The van der Waals surface area contributed by atoms with Gasteiger partial charge in [-0.05, 0) is 82.2 Å². The maximum absolute atomic E-state index is 13.7. The Morgan fingerprint density at radius 1 is 1.11 bits per heavy atom. The molecule has 38 heavy (non-hydrogen) atoms. The first-order valence-corrected chi connectivity index (χ1v) is 15.2. The van der Waals surface area contributed by atoms with Crippen LogP contribution in [0.1, 0.15) is 64.7 Å². The molecule has 0 aromatic heterocycles. The molecule has 1 unspecified atom stereocenters. The summed E-state index contributed by atoms with van der Waals surface area (Å²) in [5, 5.41) is 3.14. The van der Waals surface area contributed by atoms with Crippen LogP contribution in [-0.4, -0.2) is 54.3 Å². The van der Waals surface area contributed by atoms with Crippen molar-refractivity contribution in [2.24, 2.45) is 5.92 Å². The second-order valence-corrected chi connectivity index (χ2v) is 12.1. The van der Waals surface area contributed by atoms with Gasteiger partial charge in [0.25, 0.3) is 5.91 Å². The number of amides is 2. The number of carbonyl (C=O) groups is 2. The Morgan fingerprint density at radius 3 is 2.71 bits per heavy atom. The highest BCUT2D eigenvalue weighted by Gasteiger charge is 2.32. The van der Waals surface area contributed by atoms with Crippen molar-refractivity contribution in [3.8, 4) is 0 Å². The smallest absolute Gasteiger partial charge is 0.265 e. The van der Waals surface area contributed by atoms with Gasteiger partial charge in [0.15, 0.2) is 0 Å². The number of rotatable bonds is 7. The minimum absolute atomic E-state index is 0.0971. The van der Waals surface area contributed by atoms with Crippen LogP contribution in [0.4, 0.5) is 0 Å². The summed E-state index contributed by atoms with van der Waals surface area (Å²) in [4.78, 5) is 32.9. The van der Waals surface area contributed by atoms with Crippen molar-refractivity contribution in [1.29, 1.82) is 0 Å². The third kappa shape index (κ3) is 6.89. The summed E-state index contributed by atoms with van der Waals surface area (Å²) >= 11 is 1.59. The number of likely N-dealkylation sites (tertiary alicyclic amines) is 1. The molecule has 6 heteroatoms. The van der Waals surface area contributed by atoms with Gasteiger partial charge in [0, 0.05) is 30.2 Å². The second kappa shape index (κ2) is 13.0. The van der Waals surface area contributed by atoms with E-state index < -0.39 is 0 Å². The summed E-state index contributed by atoms with van der Waals surface area (Å²) < 4.78 is 0. The van der Waals surface area contributed by atoms with Crippen LogP contribution in [-0.2, 0) is 9.59 Å². The molecule has 2 heterocycles. The van der Waals surface area contributed by atoms with Crippen LogP contribution in [0.15, 0.2) is 80.8 Å². The monoisotopic (exact) mass is 531 g/mol. The van der Waals surface area contributed by atoms with Crippen molar-refractivity contribution < 1.29 is 9.59 Å². The molecule has 2 aliphatic heterocycles. The molecule has 1 atom stereocenters. The molecule has 1 N–H and O–H groups in total. The molecule has 0 aromatic rings. The van der Waals surface area contributed by atoms with E-state index in [1.54, 1.807) is 11.8 Å². The average molecular weight is 532 g/mol. The first-order valence-electron chi connectivity index (χ1n) is 14.4. The van der Waals surface area contributed by atoms with E-state index in [0.29, 0.717) is 19.5 Å². The number of carbonyl (C=O) groups excluding carboxylic acids is 2. The molecule has 0 aromatic carbocycles. The van der Waals surface area contributed by atoms with Crippen molar-refractivity contribution in [2.75, 3.05) is 32.7 Å². The lowest BCUT2D eigenvalue weighted by atomic mass is 9.95. The number of hydrogen-bond donors (Lipinski definition) is 1. The standard InChI is InChI=1S/C32H41N3O2S/c1-24-9-8-10-26(21-24)23-35-28-11-4-5-12-29(28)38-30(32(35)37)22-25-13-15-27(16-14-25)31(36)33-17-20-34-18-6-2-3-7-19-34/h5,9,12-15,21-22,27H,2-4,6-8,10-11,16-20,23H2,1H3,(H,33,36)/b30-22-. The van der Waals surface area contributed by atoms with Crippen LogP contribution in [0, 0.1) is 5.92 Å². The molecule has 0 saturated carbocycles. The summed E-state index contributed by atoms with van der Waals surface area (Å²) in [7, 11) is 0. The number of hydrogen-bond acceptors (Lipinski definition) is 4. The van der Waals surface area contributed by atoms with E-state index >= 15 is 0 Å². The molecule has 1 fully saturated rings. The maximum atomic E-state index is 13.7. The summed E-state index contributed by atoms with van der Waals surface area (Å²) in [6, 6.07) is 0. The molecular formula is C32H41N3O2S. The Bertz CT molecular complexity index is 1150. The van der Waals surface area contributed by atoms with Crippen LogP contribution in [0.25, 0.3) is 0 Å². The predicted molar refractivity (Wildman–Crippen MR) is 157 cm³/mol. The van der Waals surface area contributed by atoms with Crippen LogP contribution in [0.2, 0.25) is 0 Å². The molecule has 1 saturated heterocycles. The summed E-state index contributed by atoms with van der Waals surface area (Å²) in [6.45, 7) is 6.75. The van der Waals surface area contributed by atoms with Crippen molar-refractivity contribution in [2.45, 2.75) is 64.7 Å². The summed E-state index contributed by atoms with van der Waals surface area (Å²) in [5.74, 6) is 0.0537. The van der Waals surface area contributed by atoms with Crippen molar-refractivity contribution >= 4 is 23.6 Å². The average Bonchev–Trinajstić information content (AvgIpc) is 3.20. The zero-order valence-corrected chi connectivity index (χ0v) is 23.5. The van der Waals surface area contributed by atoms with Gasteiger partial charge in [0.1, 0.15) is 0 Å². The third-order valence-corrected chi connectivity index (χ3v) is 9.12. The molecule has 5 rings (SSSR count). The Labute approximate surface area is 232 Å². The molecule has 5 nitrogen and oxygen atoms in total. The van der Waals surface area contributed by atoms with Crippen molar-refractivity contribution in [1.82, 2.24) is 15.1 Å². The number of nitrogens with zero attached hydrogens (tertiary/aromatic N) is 2. The zero-order valence-electron chi connectivity index (χ0n) is 22.7. The Kier molecular flexibility index (Phi) is 9.23. The van der Waals surface area contributed by atoms with Gasteiger partial charge in [-0.3, -0.25) is 9.59 Å². The predicted octanol–water partition coefficient (Wildman–Crippen LogP) is 6.17. The van der Waals surface area contributed by atoms with Gasteiger partial charge < -0.3 is 15.1 Å². The van der Waals surface area contributed by atoms with Crippen LogP contribution < -0.4 is 5.32 Å². The molecular weight excluding hydrogens is 490 g/mol. The highest BCUT2D eigenvalue weighted by molar-refractivity contribution is 8.07. The summed E-state index contributed by atoms with van der Waals surface area (Å²) in [6.07, 6.45) is 26.8. The van der Waals surface area contributed by atoms with Gasteiger partial charge in [0.05, 0.1) is 10.8 Å². The van der Waals surface area contributed by atoms with Gasteiger partial charge in [-0.15, -0.1) is 0 Å². The van der Waals surface area contributed by atoms with Crippen LogP contribution in [0.3, 0.4) is 0 Å². The number of allylic oxidation sites excluding steroid dienone is 10. The Morgan fingerprint density at radius 2 is 1.95 bits per heavy atom. The molecule has 0 bridgehead atoms.